The summed E-state index contributed by atoms with van der Waals surface area (Å²) in [6.45, 7) is 4.21. The quantitative estimate of drug-likeness (QED) is 0.867. The molecular formula is C16H24N2OS. The Kier molecular flexibility index (Phi) is 2.80. The lowest BCUT2D eigenvalue weighted by molar-refractivity contribution is -0.119. The van der Waals surface area contributed by atoms with E-state index in [1.165, 1.54) is 32.1 Å². The number of thioether (sulfide) groups is 1. The zero-order chi connectivity index (χ0) is 14.0. The first kappa shape index (κ1) is 13.2. The lowest BCUT2D eigenvalue weighted by atomic mass is 9.80. The third-order valence-corrected chi connectivity index (χ3v) is 7.90. The van der Waals surface area contributed by atoms with E-state index in [4.69, 9.17) is 0 Å². The van der Waals surface area contributed by atoms with Crippen molar-refractivity contribution in [3.05, 3.63) is 0 Å². The van der Waals surface area contributed by atoms with E-state index < -0.39 is 0 Å². The fraction of sp³-hybridized carbons (Fsp3) is 0.875. The summed E-state index contributed by atoms with van der Waals surface area (Å²) in [5.74, 6) is 2.79. The molecule has 2 atom stereocenters. The van der Waals surface area contributed by atoms with Crippen molar-refractivity contribution in [1.82, 2.24) is 5.32 Å². The highest BCUT2D eigenvalue weighted by Crippen LogP contribution is 2.60. The maximum atomic E-state index is 12.3. The molecule has 0 aromatic heterocycles. The van der Waals surface area contributed by atoms with Gasteiger partial charge in [0, 0.05) is 5.54 Å². The van der Waals surface area contributed by atoms with Gasteiger partial charge in [-0.15, -0.1) is 0 Å². The van der Waals surface area contributed by atoms with Crippen LogP contribution in [0, 0.1) is 17.8 Å². The molecule has 0 saturated heterocycles. The number of nitrogens with one attached hydrogen (secondary N) is 1. The number of amides is 1. The predicted molar refractivity (Wildman–Crippen MR) is 82.8 cm³/mol. The fourth-order valence-corrected chi connectivity index (χ4v) is 6.58. The maximum absolute atomic E-state index is 12.3. The molecule has 3 nitrogen and oxygen atoms in total. The number of nitrogens with zero attached hydrogens (tertiary/aromatic N) is 1. The van der Waals surface area contributed by atoms with Gasteiger partial charge in [0.05, 0.1) is 0 Å². The molecule has 0 aromatic rings. The zero-order valence-corrected chi connectivity index (χ0v) is 13.3. The van der Waals surface area contributed by atoms with E-state index in [9.17, 15) is 4.79 Å². The summed E-state index contributed by atoms with van der Waals surface area (Å²) in [5.41, 5.74) is 0.289. The van der Waals surface area contributed by atoms with E-state index in [2.05, 4.69) is 24.2 Å². The smallest absolute Gasteiger partial charge is 0.264 e. The van der Waals surface area contributed by atoms with Crippen molar-refractivity contribution in [2.75, 3.05) is 0 Å². The predicted octanol–water partition coefficient (Wildman–Crippen LogP) is 3.34. The molecule has 5 aliphatic rings. The number of amidine groups is 1. The Morgan fingerprint density at radius 2 is 1.85 bits per heavy atom. The van der Waals surface area contributed by atoms with E-state index >= 15 is 0 Å². The van der Waals surface area contributed by atoms with Crippen molar-refractivity contribution in [2.45, 2.75) is 69.1 Å². The second kappa shape index (κ2) is 4.25. The van der Waals surface area contributed by atoms with Crippen molar-refractivity contribution in [3.8, 4) is 0 Å². The van der Waals surface area contributed by atoms with Gasteiger partial charge in [0.2, 0.25) is 0 Å². The van der Waals surface area contributed by atoms with Crippen molar-refractivity contribution >= 4 is 22.8 Å². The van der Waals surface area contributed by atoms with Gasteiger partial charge in [-0.3, -0.25) is 4.79 Å². The number of carbonyl (C=O) groups is 1. The Labute approximate surface area is 125 Å². The Morgan fingerprint density at radius 3 is 2.40 bits per heavy atom. The minimum atomic E-state index is -0.283. The first-order valence-corrected chi connectivity index (χ1v) is 9.01. The van der Waals surface area contributed by atoms with Gasteiger partial charge in [-0.05, 0) is 62.7 Å². The lowest BCUT2D eigenvalue weighted by Gasteiger charge is -2.35. The molecule has 4 bridgehead atoms. The van der Waals surface area contributed by atoms with Gasteiger partial charge >= 0.3 is 0 Å². The molecule has 1 N–H and O–H groups in total. The summed E-state index contributed by atoms with van der Waals surface area (Å²) in [6, 6.07) is 0. The van der Waals surface area contributed by atoms with E-state index in [-0.39, 0.29) is 16.2 Å². The molecular weight excluding hydrogens is 268 g/mol. The maximum Gasteiger partial charge on any atom is 0.264 e. The number of aliphatic imine (C=N–C) groups is 1. The highest BCUT2D eigenvalue weighted by atomic mass is 32.2. The molecule has 0 spiro atoms. The first-order valence-electron chi connectivity index (χ1n) is 8.19. The average molecular weight is 292 g/mol. The third-order valence-electron chi connectivity index (χ3n) is 6.37. The molecule has 1 aliphatic heterocycles. The first-order chi connectivity index (χ1) is 9.59. The largest absolute Gasteiger partial charge is 0.359 e. The summed E-state index contributed by atoms with van der Waals surface area (Å²) in [7, 11) is 0. The van der Waals surface area contributed by atoms with Crippen LogP contribution in [0.3, 0.4) is 0 Å². The Bertz CT molecular complexity index is 469. The van der Waals surface area contributed by atoms with Crippen LogP contribution in [0.5, 0.6) is 0 Å². The van der Waals surface area contributed by atoms with Crippen molar-refractivity contribution in [3.63, 3.8) is 0 Å². The second-order valence-corrected chi connectivity index (χ2v) is 8.72. The summed E-state index contributed by atoms with van der Waals surface area (Å²) >= 11 is 1.70. The summed E-state index contributed by atoms with van der Waals surface area (Å²) in [6.07, 6.45) is 8.64. The minimum absolute atomic E-state index is 0.0871. The van der Waals surface area contributed by atoms with Crippen LogP contribution >= 0.6 is 11.8 Å². The van der Waals surface area contributed by atoms with Crippen LogP contribution in [0.4, 0.5) is 0 Å². The molecule has 20 heavy (non-hydrogen) atoms. The molecule has 5 rings (SSSR count). The Hall–Kier alpha value is -0.510. The minimum Gasteiger partial charge on any atom is -0.359 e. The normalized spacial score (nSPS) is 44.2. The van der Waals surface area contributed by atoms with Gasteiger partial charge in [0.15, 0.2) is 5.17 Å². The molecule has 4 aliphatic carbocycles. The number of carbonyl (C=O) groups excluding carboxylic acids is 1. The van der Waals surface area contributed by atoms with E-state index in [0.29, 0.717) is 0 Å². The van der Waals surface area contributed by atoms with Crippen LogP contribution in [-0.4, -0.2) is 21.4 Å². The molecule has 4 fully saturated rings. The summed E-state index contributed by atoms with van der Waals surface area (Å²) in [4.78, 5) is 16.6. The molecule has 1 amide bonds. The highest BCUT2D eigenvalue weighted by Gasteiger charge is 2.58. The van der Waals surface area contributed by atoms with Gasteiger partial charge in [0.25, 0.3) is 5.91 Å². The van der Waals surface area contributed by atoms with Crippen molar-refractivity contribution in [2.24, 2.45) is 22.7 Å². The second-order valence-electron chi connectivity index (χ2n) is 7.35. The monoisotopic (exact) mass is 292 g/mol. The van der Waals surface area contributed by atoms with Crippen LogP contribution in [0.25, 0.3) is 0 Å². The molecule has 4 saturated carbocycles. The van der Waals surface area contributed by atoms with Crippen LogP contribution < -0.4 is 5.32 Å². The SMILES string of the molecule is CCC1(CC)SC(NC23CC4CC(CC2C4)C3)=NC1=O. The molecule has 110 valence electrons. The third kappa shape index (κ3) is 1.66. The van der Waals surface area contributed by atoms with E-state index in [0.717, 1.165) is 35.8 Å². The van der Waals surface area contributed by atoms with Gasteiger partial charge in [0.1, 0.15) is 4.75 Å². The van der Waals surface area contributed by atoms with Gasteiger partial charge in [-0.1, -0.05) is 25.6 Å². The number of hydrogen-bond donors (Lipinski definition) is 1. The van der Waals surface area contributed by atoms with Crippen LogP contribution in [-0.2, 0) is 4.79 Å². The number of hydrogen-bond acceptors (Lipinski definition) is 3. The fourth-order valence-electron chi connectivity index (χ4n) is 5.41. The van der Waals surface area contributed by atoms with E-state index in [1.807, 2.05) is 0 Å². The van der Waals surface area contributed by atoms with Crippen molar-refractivity contribution in [1.29, 1.82) is 0 Å². The topological polar surface area (TPSA) is 41.5 Å². The Morgan fingerprint density at radius 1 is 1.20 bits per heavy atom. The molecule has 4 heteroatoms. The van der Waals surface area contributed by atoms with Crippen LogP contribution in [0.1, 0.15) is 58.8 Å². The zero-order valence-electron chi connectivity index (χ0n) is 12.4. The molecule has 1 heterocycles. The lowest BCUT2D eigenvalue weighted by Crippen LogP contribution is -2.48. The van der Waals surface area contributed by atoms with E-state index in [1.54, 1.807) is 11.8 Å². The van der Waals surface area contributed by atoms with Gasteiger partial charge < -0.3 is 5.32 Å². The average Bonchev–Trinajstić information content (AvgIpc) is 2.94. The highest BCUT2D eigenvalue weighted by molar-refractivity contribution is 8.16. The standard InChI is InChI=1S/C16H24N2OS/c1-3-16(4-2)13(19)17-14(20-16)18-15-8-10-5-11(9-15)7-12(15)6-10/h10-12H,3-9H2,1-2H3,(H,17,18,19). The molecule has 0 radical (unpaired) electrons. The summed E-state index contributed by atoms with van der Waals surface area (Å²) < 4.78 is -0.283. The molecule has 2 unspecified atom stereocenters. The van der Waals surface area contributed by atoms with Gasteiger partial charge in [-0.25, -0.2) is 0 Å². The van der Waals surface area contributed by atoms with Crippen LogP contribution in [0.2, 0.25) is 0 Å². The Balaban J connectivity index is 1.54. The number of rotatable bonds is 3. The van der Waals surface area contributed by atoms with Crippen molar-refractivity contribution < 1.29 is 4.79 Å². The molecule has 0 aromatic carbocycles. The van der Waals surface area contributed by atoms with Crippen LogP contribution in [0.15, 0.2) is 4.99 Å². The van der Waals surface area contributed by atoms with Gasteiger partial charge in [-0.2, -0.15) is 4.99 Å². The summed E-state index contributed by atoms with van der Waals surface area (Å²) in [5, 5.41) is 4.68.